The van der Waals surface area contributed by atoms with E-state index in [9.17, 15) is 26.3 Å². The maximum Gasteiger partial charge on any atom is 0.416 e. The minimum atomic E-state index is -4.43. The van der Waals surface area contributed by atoms with E-state index < -0.39 is 23.5 Å². The predicted octanol–water partition coefficient (Wildman–Crippen LogP) is 6.00. The number of nitrogens with one attached hydrogen (secondary N) is 2. The van der Waals surface area contributed by atoms with E-state index in [-0.39, 0.29) is 5.95 Å². The van der Waals surface area contributed by atoms with Crippen molar-refractivity contribution in [2.45, 2.75) is 12.4 Å². The Hall–Kier alpha value is -3.30. The topological polar surface area (TPSA) is 49.8 Å². The lowest BCUT2D eigenvalue weighted by Crippen LogP contribution is -2.05. The molecular weight excluding hydrogens is 386 g/mol. The number of hydrogen-bond donors (Lipinski definition) is 2. The van der Waals surface area contributed by atoms with Crippen LogP contribution in [0.2, 0.25) is 0 Å². The molecule has 0 bridgehead atoms. The zero-order chi connectivity index (χ0) is 20.4. The molecule has 28 heavy (non-hydrogen) atoms. The summed E-state index contributed by atoms with van der Waals surface area (Å²) in [6, 6.07) is 10.2. The molecule has 0 aliphatic carbocycles. The van der Waals surface area contributed by atoms with Gasteiger partial charge in [0.25, 0.3) is 0 Å². The van der Waals surface area contributed by atoms with Crippen LogP contribution >= 0.6 is 0 Å². The van der Waals surface area contributed by atoms with Crippen molar-refractivity contribution in [3.05, 3.63) is 71.9 Å². The van der Waals surface area contributed by atoms with E-state index >= 15 is 0 Å². The molecule has 0 saturated carbocycles. The van der Waals surface area contributed by atoms with Gasteiger partial charge >= 0.3 is 12.4 Å². The molecule has 10 heteroatoms. The lowest BCUT2D eigenvalue weighted by molar-refractivity contribution is -0.138. The third-order valence-corrected chi connectivity index (χ3v) is 3.61. The van der Waals surface area contributed by atoms with Gasteiger partial charge in [-0.05, 0) is 54.6 Å². The summed E-state index contributed by atoms with van der Waals surface area (Å²) < 4.78 is 75.5. The van der Waals surface area contributed by atoms with Crippen molar-refractivity contribution in [3.63, 3.8) is 0 Å². The Labute approximate surface area is 155 Å². The van der Waals surface area contributed by atoms with E-state index in [0.717, 1.165) is 24.3 Å². The van der Waals surface area contributed by atoms with E-state index in [4.69, 9.17) is 0 Å². The van der Waals surface area contributed by atoms with Crippen molar-refractivity contribution in [3.8, 4) is 0 Å². The average molecular weight is 398 g/mol. The molecule has 0 atom stereocenters. The van der Waals surface area contributed by atoms with Crippen LogP contribution in [0.3, 0.4) is 0 Å². The van der Waals surface area contributed by atoms with Crippen LogP contribution < -0.4 is 10.6 Å². The quantitative estimate of drug-likeness (QED) is 0.529. The van der Waals surface area contributed by atoms with Crippen LogP contribution in [0.25, 0.3) is 0 Å². The van der Waals surface area contributed by atoms with E-state index in [1.165, 1.54) is 36.5 Å². The third kappa shape index (κ3) is 4.90. The number of hydrogen-bond acceptors (Lipinski definition) is 4. The van der Waals surface area contributed by atoms with Crippen molar-refractivity contribution >= 4 is 23.1 Å². The van der Waals surface area contributed by atoms with Crippen LogP contribution in [-0.4, -0.2) is 9.97 Å². The third-order valence-electron chi connectivity index (χ3n) is 3.61. The molecule has 1 aromatic heterocycles. The highest BCUT2D eigenvalue weighted by Gasteiger charge is 2.30. The zero-order valence-electron chi connectivity index (χ0n) is 13.9. The van der Waals surface area contributed by atoms with Crippen LogP contribution in [0.1, 0.15) is 11.1 Å². The Morgan fingerprint density at radius 1 is 0.607 bits per heavy atom. The fourth-order valence-corrected chi connectivity index (χ4v) is 2.25. The number of halogens is 6. The molecule has 146 valence electrons. The SMILES string of the molecule is FC(F)(F)c1ccc(Nc2ccnc(Nc3ccc(C(F)(F)F)cc3)n2)cc1. The monoisotopic (exact) mass is 398 g/mol. The molecule has 4 nitrogen and oxygen atoms in total. The normalized spacial score (nSPS) is 11.9. The van der Waals surface area contributed by atoms with E-state index in [1.807, 2.05) is 0 Å². The fraction of sp³-hybridized carbons (Fsp3) is 0.111. The van der Waals surface area contributed by atoms with Crippen molar-refractivity contribution in [2.24, 2.45) is 0 Å². The Morgan fingerprint density at radius 3 is 1.54 bits per heavy atom. The van der Waals surface area contributed by atoms with Gasteiger partial charge in [-0.3, -0.25) is 0 Å². The molecule has 0 unspecified atom stereocenters. The van der Waals surface area contributed by atoms with Crippen molar-refractivity contribution in [1.82, 2.24) is 9.97 Å². The van der Waals surface area contributed by atoms with Crippen molar-refractivity contribution in [1.29, 1.82) is 0 Å². The molecule has 0 amide bonds. The summed E-state index contributed by atoms with van der Waals surface area (Å²) in [6.07, 6.45) is -7.46. The second-order valence-electron chi connectivity index (χ2n) is 5.67. The number of alkyl halides is 6. The molecular formula is C18H12F6N4. The minimum Gasteiger partial charge on any atom is -0.340 e. The smallest absolute Gasteiger partial charge is 0.340 e. The van der Waals surface area contributed by atoms with E-state index in [0.29, 0.717) is 17.2 Å². The largest absolute Gasteiger partial charge is 0.416 e. The molecule has 0 aliphatic rings. The average Bonchev–Trinajstić information content (AvgIpc) is 2.61. The summed E-state index contributed by atoms with van der Waals surface area (Å²) in [5.41, 5.74) is -0.825. The molecule has 0 radical (unpaired) electrons. The van der Waals surface area contributed by atoms with Gasteiger partial charge in [-0.25, -0.2) is 4.98 Å². The Kier molecular flexibility index (Phi) is 5.12. The first kappa shape index (κ1) is 19.5. The molecule has 0 spiro atoms. The van der Waals surface area contributed by atoms with Crippen LogP contribution in [0.5, 0.6) is 0 Å². The first-order valence-electron chi connectivity index (χ1n) is 7.83. The Morgan fingerprint density at radius 2 is 1.07 bits per heavy atom. The molecule has 2 N–H and O–H groups in total. The van der Waals surface area contributed by atoms with Gasteiger partial charge in [-0.15, -0.1) is 0 Å². The molecule has 2 aromatic carbocycles. The molecule has 0 fully saturated rings. The molecule has 3 aromatic rings. The van der Waals surface area contributed by atoms with Crippen molar-refractivity contribution < 1.29 is 26.3 Å². The van der Waals surface area contributed by atoms with Crippen LogP contribution in [0.15, 0.2) is 60.8 Å². The lowest BCUT2D eigenvalue weighted by atomic mass is 10.2. The summed E-state index contributed by atoms with van der Waals surface area (Å²) >= 11 is 0. The highest BCUT2D eigenvalue weighted by Crippen LogP contribution is 2.31. The highest BCUT2D eigenvalue weighted by molar-refractivity contribution is 5.60. The van der Waals surface area contributed by atoms with Crippen molar-refractivity contribution in [2.75, 3.05) is 10.6 Å². The van der Waals surface area contributed by atoms with Crippen LogP contribution in [0, 0.1) is 0 Å². The number of anilines is 4. The summed E-state index contributed by atoms with van der Waals surface area (Å²) in [5, 5.41) is 5.59. The second-order valence-corrected chi connectivity index (χ2v) is 5.67. The minimum absolute atomic E-state index is 0.108. The molecule has 1 heterocycles. The predicted molar refractivity (Wildman–Crippen MR) is 91.5 cm³/mol. The number of aromatic nitrogens is 2. The maximum atomic E-state index is 12.6. The number of rotatable bonds is 4. The zero-order valence-corrected chi connectivity index (χ0v) is 13.9. The van der Waals surface area contributed by atoms with Gasteiger partial charge in [-0.1, -0.05) is 0 Å². The molecule has 0 saturated heterocycles. The lowest BCUT2D eigenvalue weighted by Gasteiger charge is -2.11. The molecule has 3 rings (SSSR count). The van der Waals surface area contributed by atoms with Gasteiger partial charge < -0.3 is 10.6 Å². The Balaban J connectivity index is 1.70. The summed E-state index contributed by atoms with van der Waals surface area (Å²) in [7, 11) is 0. The summed E-state index contributed by atoms with van der Waals surface area (Å²) in [5.74, 6) is 0.404. The maximum absolute atomic E-state index is 12.6. The standard InChI is InChI=1S/C18H12F6N4/c19-17(20,21)11-1-5-13(6-2-11)26-15-9-10-25-16(28-15)27-14-7-3-12(4-8-14)18(22,23)24/h1-10H,(H2,25,26,27,28). The van der Waals surface area contributed by atoms with Gasteiger partial charge in [0, 0.05) is 17.6 Å². The van der Waals surface area contributed by atoms with Gasteiger partial charge in [0.05, 0.1) is 11.1 Å². The fourth-order valence-electron chi connectivity index (χ4n) is 2.25. The van der Waals surface area contributed by atoms with Gasteiger partial charge in [0.1, 0.15) is 5.82 Å². The first-order chi connectivity index (χ1) is 13.1. The van der Waals surface area contributed by atoms with Crippen LogP contribution in [-0.2, 0) is 12.4 Å². The van der Waals surface area contributed by atoms with E-state index in [1.54, 1.807) is 0 Å². The van der Waals surface area contributed by atoms with Crippen LogP contribution in [0.4, 0.5) is 49.5 Å². The number of benzene rings is 2. The van der Waals surface area contributed by atoms with Gasteiger partial charge in [-0.2, -0.15) is 31.3 Å². The Bertz CT molecular complexity index is 859. The highest BCUT2D eigenvalue weighted by atomic mass is 19.4. The summed E-state index contributed by atoms with van der Waals surface area (Å²) in [6.45, 7) is 0. The summed E-state index contributed by atoms with van der Waals surface area (Å²) in [4.78, 5) is 8.09. The first-order valence-corrected chi connectivity index (χ1v) is 7.83. The van der Waals surface area contributed by atoms with Gasteiger partial charge in [0.15, 0.2) is 0 Å². The number of nitrogens with zero attached hydrogens (tertiary/aromatic N) is 2. The van der Waals surface area contributed by atoms with E-state index in [2.05, 4.69) is 20.6 Å². The second kappa shape index (κ2) is 7.37. The van der Waals surface area contributed by atoms with Gasteiger partial charge in [0.2, 0.25) is 5.95 Å². The molecule has 0 aliphatic heterocycles.